The summed E-state index contributed by atoms with van der Waals surface area (Å²) in [5.74, 6) is 1.43. The van der Waals surface area contributed by atoms with Crippen molar-refractivity contribution in [2.24, 2.45) is 0 Å². The van der Waals surface area contributed by atoms with Crippen LogP contribution in [-0.2, 0) is 0 Å². The van der Waals surface area contributed by atoms with Gasteiger partial charge in [-0.25, -0.2) is 19.9 Å². The van der Waals surface area contributed by atoms with Crippen molar-refractivity contribution in [3.8, 4) is 17.0 Å². The van der Waals surface area contributed by atoms with Gasteiger partial charge >= 0.3 is 0 Å². The number of hydrogen-bond acceptors (Lipinski definition) is 8. The molecule has 2 aliphatic rings. The van der Waals surface area contributed by atoms with Gasteiger partial charge in [-0.15, -0.1) is 0 Å². The number of pyridine rings is 1. The second-order valence-electron chi connectivity index (χ2n) is 8.21. The molecule has 30 heavy (non-hydrogen) atoms. The number of nitrogens with zero attached hydrogens (tertiary/aromatic N) is 5. The molecule has 1 aliphatic heterocycles. The highest BCUT2D eigenvalue weighted by Gasteiger charge is 2.30. The van der Waals surface area contributed by atoms with E-state index in [9.17, 15) is 5.11 Å². The highest BCUT2D eigenvalue weighted by Crippen LogP contribution is 2.33. The first kappa shape index (κ1) is 17.6. The van der Waals surface area contributed by atoms with Crippen LogP contribution in [-0.4, -0.2) is 50.2 Å². The largest absolute Gasteiger partial charge is 0.507 e. The van der Waals surface area contributed by atoms with E-state index in [0.29, 0.717) is 45.8 Å². The summed E-state index contributed by atoms with van der Waals surface area (Å²) in [5.41, 5.74) is 3.97. The molecule has 0 unspecified atom stereocenters. The van der Waals surface area contributed by atoms with Crippen LogP contribution in [0.3, 0.4) is 0 Å². The number of aryl methyl sites for hydroxylation is 1. The molecular formula is C22H22N6O2. The van der Waals surface area contributed by atoms with Gasteiger partial charge in [-0.3, -0.25) is 0 Å². The molecule has 1 saturated carbocycles. The van der Waals surface area contributed by atoms with Gasteiger partial charge in [0.25, 0.3) is 0 Å². The van der Waals surface area contributed by atoms with Crippen LogP contribution in [0.4, 0.5) is 5.95 Å². The average Bonchev–Trinajstić information content (AvgIpc) is 3.30. The maximum Gasteiger partial charge on any atom is 0.226 e. The van der Waals surface area contributed by atoms with Crippen LogP contribution < -0.4 is 10.2 Å². The van der Waals surface area contributed by atoms with E-state index in [1.165, 1.54) is 12.8 Å². The predicted molar refractivity (Wildman–Crippen MR) is 114 cm³/mol. The molecular weight excluding hydrogens is 380 g/mol. The predicted octanol–water partition coefficient (Wildman–Crippen LogP) is 3.18. The van der Waals surface area contributed by atoms with Gasteiger partial charge in [0.2, 0.25) is 5.95 Å². The Bertz CT molecular complexity index is 1270. The van der Waals surface area contributed by atoms with Crippen molar-refractivity contribution in [3.05, 3.63) is 36.4 Å². The number of aromatic hydroxyl groups is 1. The molecule has 1 aliphatic carbocycles. The maximum absolute atomic E-state index is 10.5. The Kier molecular flexibility index (Phi) is 3.89. The summed E-state index contributed by atoms with van der Waals surface area (Å²) in [7, 11) is 0. The number of aromatic nitrogens is 4. The number of fused-ring (bicyclic) bond motifs is 2. The second kappa shape index (κ2) is 6.63. The van der Waals surface area contributed by atoms with Crippen molar-refractivity contribution in [1.82, 2.24) is 25.3 Å². The number of nitrogens with one attached hydrogen (secondary N) is 1. The lowest BCUT2D eigenvalue weighted by Crippen LogP contribution is -2.34. The lowest BCUT2D eigenvalue weighted by atomic mass is 10.1. The Morgan fingerprint density at radius 3 is 2.80 bits per heavy atom. The van der Waals surface area contributed by atoms with Gasteiger partial charge in [-0.2, -0.15) is 0 Å². The molecule has 3 aromatic heterocycles. The summed E-state index contributed by atoms with van der Waals surface area (Å²) >= 11 is 0. The SMILES string of the molecule is Cc1nc2cc(O)c(-c3ccc4nc(N5CC[C@H](NC6CC6)C5)ncc4n3)cc2o1. The molecule has 1 saturated heterocycles. The van der Waals surface area contributed by atoms with Crippen molar-refractivity contribution in [1.29, 1.82) is 0 Å². The monoisotopic (exact) mass is 402 g/mol. The summed E-state index contributed by atoms with van der Waals surface area (Å²) in [5, 5.41) is 14.1. The standard InChI is InChI=1S/C22H22N6O2/c1-12-24-18-9-20(29)15(8-21(18)30-12)16-4-5-17-19(26-16)10-23-22(27-17)28-7-6-14(11-28)25-13-2-3-13/h4-5,8-10,13-14,25,29H,2-3,6-7,11H2,1H3/t14-/m0/s1. The fourth-order valence-corrected chi connectivity index (χ4v) is 4.16. The molecule has 1 atom stereocenters. The number of anilines is 1. The number of hydrogen-bond donors (Lipinski definition) is 2. The van der Waals surface area contributed by atoms with Crippen LogP contribution in [0.25, 0.3) is 33.4 Å². The number of oxazole rings is 1. The maximum atomic E-state index is 10.5. The molecule has 2 fully saturated rings. The Labute approximate surface area is 173 Å². The minimum Gasteiger partial charge on any atom is -0.507 e. The molecule has 0 spiro atoms. The van der Waals surface area contributed by atoms with E-state index in [2.05, 4.69) is 25.2 Å². The minimum absolute atomic E-state index is 0.117. The van der Waals surface area contributed by atoms with Gasteiger partial charge < -0.3 is 19.7 Å². The first-order valence-corrected chi connectivity index (χ1v) is 10.4. The molecule has 1 aromatic carbocycles. The van der Waals surface area contributed by atoms with Gasteiger partial charge in [-0.1, -0.05) is 0 Å². The highest BCUT2D eigenvalue weighted by atomic mass is 16.3. The van der Waals surface area contributed by atoms with Gasteiger partial charge in [-0.05, 0) is 37.5 Å². The molecule has 0 radical (unpaired) electrons. The van der Waals surface area contributed by atoms with E-state index in [1.54, 1.807) is 25.3 Å². The van der Waals surface area contributed by atoms with Crippen molar-refractivity contribution in [3.63, 3.8) is 0 Å². The molecule has 8 nitrogen and oxygen atoms in total. The van der Waals surface area contributed by atoms with Crippen LogP contribution in [0, 0.1) is 6.92 Å². The van der Waals surface area contributed by atoms with Crippen LogP contribution >= 0.6 is 0 Å². The summed E-state index contributed by atoms with van der Waals surface area (Å²) in [6, 6.07) is 8.40. The topological polar surface area (TPSA) is 100 Å². The molecule has 8 heteroatoms. The number of benzene rings is 1. The molecule has 6 rings (SSSR count). The average molecular weight is 402 g/mol. The van der Waals surface area contributed by atoms with E-state index in [4.69, 9.17) is 9.40 Å². The first-order valence-electron chi connectivity index (χ1n) is 10.4. The number of phenolic OH excluding ortho intramolecular Hbond substituents is 1. The molecule has 2 N–H and O–H groups in total. The molecule has 0 bridgehead atoms. The zero-order valence-corrected chi connectivity index (χ0v) is 16.7. The van der Waals surface area contributed by atoms with Gasteiger partial charge in [0.15, 0.2) is 11.5 Å². The Hall–Kier alpha value is -3.26. The van der Waals surface area contributed by atoms with Crippen molar-refractivity contribution >= 4 is 28.1 Å². The normalized spacial score (nSPS) is 19.2. The fourth-order valence-electron chi connectivity index (χ4n) is 4.16. The number of phenols is 1. The zero-order chi connectivity index (χ0) is 20.2. The Balaban J connectivity index is 1.30. The summed E-state index contributed by atoms with van der Waals surface area (Å²) in [4.78, 5) is 20.5. The second-order valence-corrected chi connectivity index (χ2v) is 8.21. The third kappa shape index (κ3) is 3.13. The van der Waals surface area contributed by atoms with Crippen molar-refractivity contribution < 1.29 is 9.52 Å². The van der Waals surface area contributed by atoms with Crippen molar-refractivity contribution in [2.75, 3.05) is 18.0 Å². The van der Waals surface area contributed by atoms with Crippen molar-refractivity contribution in [2.45, 2.75) is 38.3 Å². The van der Waals surface area contributed by atoms with Crippen LogP contribution in [0.1, 0.15) is 25.2 Å². The zero-order valence-electron chi connectivity index (χ0n) is 16.7. The summed E-state index contributed by atoms with van der Waals surface area (Å²) < 4.78 is 5.60. The van der Waals surface area contributed by atoms with Crippen LogP contribution in [0.15, 0.2) is 34.9 Å². The Morgan fingerprint density at radius 2 is 1.93 bits per heavy atom. The molecule has 4 heterocycles. The Morgan fingerprint density at radius 1 is 1.03 bits per heavy atom. The van der Waals surface area contributed by atoms with E-state index in [-0.39, 0.29) is 5.75 Å². The van der Waals surface area contributed by atoms with Crippen LogP contribution in [0.2, 0.25) is 0 Å². The minimum atomic E-state index is 0.117. The van der Waals surface area contributed by atoms with E-state index >= 15 is 0 Å². The smallest absolute Gasteiger partial charge is 0.226 e. The lowest BCUT2D eigenvalue weighted by molar-refractivity contribution is 0.477. The van der Waals surface area contributed by atoms with E-state index < -0.39 is 0 Å². The summed E-state index contributed by atoms with van der Waals surface area (Å²) in [6.45, 7) is 3.69. The molecule has 0 amide bonds. The van der Waals surface area contributed by atoms with Crippen LogP contribution in [0.5, 0.6) is 5.75 Å². The first-order chi connectivity index (χ1) is 14.6. The molecule has 4 aromatic rings. The van der Waals surface area contributed by atoms with E-state index in [1.807, 2.05) is 12.1 Å². The lowest BCUT2D eigenvalue weighted by Gasteiger charge is -2.17. The van der Waals surface area contributed by atoms with E-state index in [0.717, 1.165) is 31.0 Å². The third-order valence-corrected chi connectivity index (χ3v) is 5.83. The fraction of sp³-hybridized carbons (Fsp3) is 0.364. The highest BCUT2D eigenvalue weighted by molar-refractivity contribution is 5.86. The van der Waals surface area contributed by atoms with Gasteiger partial charge in [0, 0.05) is 43.7 Å². The molecule has 152 valence electrons. The van der Waals surface area contributed by atoms with Gasteiger partial charge in [0.05, 0.1) is 17.4 Å². The van der Waals surface area contributed by atoms with Gasteiger partial charge in [0.1, 0.15) is 16.8 Å². The third-order valence-electron chi connectivity index (χ3n) is 5.83. The summed E-state index contributed by atoms with van der Waals surface area (Å²) in [6.07, 6.45) is 5.49. The quantitative estimate of drug-likeness (QED) is 0.537. The number of rotatable bonds is 4.